The Kier molecular flexibility index (Phi) is 4.00. The first-order valence-electron chi connectivity index (χ1n) is 8.46. The fourth-order valence-corrected chi connectivity index (χ4v) is 2.72. The first kappa shape index (κ1) is 18.0. The number of carbonyl (C=O) groups is 1. The minimum atomic E-state index is -0.662. The molecule has 2 aromatic rings. The summed E-state index contributed by atoms with van der Waals surface area (Å²) < 4.78 is 19.3. The highest BCUT2D eigenvalue weighted by Gasteiger charge is 2.53. The molecule has 0 atom stereocenters. The van der Waals surface area contributed by atoms with Crippen LogP contribution in [0.1, 0.15) is 48.5 Å². The monoisotopic (exact) mass is 344 g/mol. The maximum atomic E-state index is 12.8. The smallest absolute Gasteiger partial charge is 0.443 e. The largest absolute Gasteiger partial charge is 0.513 e. The number of hydrogen-bond donors (Lipinski definition) is 0. The predicted molar refractivity (Wildman–Crippen MR) is 97.1 cm³/mol. The van der Waals surface area contributed by atoms with Gasteiger partial charge in [0, 0.05) is 11.6 Å². The lowest BCUT2D eigenvalue weighted by Crippen LogP contribution is -2.43. The molecule has 1 aliphatic heterocycles. The summed E-state index contributed by atoms with van der Waals surface area (Å²) in [5, 5.41) is 0.880. The van der Waals surface area contributed by atoms with Gasteiger partial charge in [-0.1, -0.05) is 0 Å². The molecule has 134 valence electrons. The predicted octanol–water partition coefficient (Wildman–Crippen LogP) is 3.12. The molecule has 0 aromatic carbocycles. The van der Waals surface area contributed by atoms with Gasteiger partial charge < -0.3 is 14.0 Å². The van der Waals surface area contributed by atoms with Crippen molar-refractivity contribution < 1.29 is 18.8 Å². The van der Waals surface area contributed by atoms with Crippen LogP contribution in [0.4, 0.5) is 4.79 Å². The highest BCUT2D eigenvalue weighted by Crippen LogP contribution is 2.37. The average Bonchev–Trinajstić information content (AvgIpc) is 2.92. The summed E-state index contributed by atoms with van der Waals surface area (Å²) in [6, 6.07) is 3.74. The lowest BCUT2D eigenvalue weighted by atomic mass is 9.84. The molecular formula is C18H25BN2O4. The number of hydrogen-bond acceptors (Lipinski definition) is 5. The van der Waals surface area contributed by atoms with E-state index >= 15 is 0 Å². The van der Waals surface area contributed by atoms with Crippen molar-refractivity contribution in [1.82, 2.24) is 9.55 Å². The van der Waals surface area contributed by atoms with E-state index in [1.807, 2.05) is 60.6 Å². The summed E-state index contributed by atoms with van der Waals surface area (Å²) in [5.41, 5.74) is -0.323. The molecule has 7 heteroatoms. The Bertz CT molecular complexity index is 804. The van der Waals surface area contributed by atoms with Crippen LogP contribution in [-0.4, -0.2) is 39.6 Å². The second kappa shape index (κ2) is 5.57. The highest BCUT2D eigenvalue weighted by atomic mass is 16.7. The van der Waals surface area contributed by atoms with Crippen molar-refractivity contribution in [2.45, 2.75) is 65.3 Å². The Balaban J connectivity index is 2.10. The van der Waals surface area contributed by atoms with E-state index < -0.39 is 30.0 Å². The lowest BCUT2D eigenvalue weighted by molar-refractivity contribution is 0.00578. The second-order valence-corrected chi connectivity index (χ2v) is 8.41. The molecule has 0 spiro atoms. The molecule has 0 aliphatic carbocycles. The Hall–Kier alpha value is -1.86. The third-order valence-electron chi connectivity index (χ3n) is 4.71. The van der Waals surface area contributed by atoms with Crippen molar-refractivity contribution >= 4 is 29.7 Å². The summed E-state index contributed by atoms with van der Waals surface area (Å²) in [7, 11) is -0.662. The molecule has 6 nitrogen and oxygen atoms in total. The zero-order valence-corrected chi connectivity index (χ0v) is 15.9. The molecular weight excluding hydrogens is 319 g/mol. The van der Waals surface area contributed by atoms with Crippen LogP contribution in [-0.2, 0) is 14.0 Å². The van der Waals surface area contributed by atoms with E-state index in [1.165, 1.54) is 4.57 Å². The molecule has 1 saturated heterocycles. The summed E-state index contributed by atoms with van der Waals surface area (Å²) >= 11 is 0. The van der Waals surface area contributed by atoms with Crippen molar-refractivity contribution in [2.24, 2.45) is 0 Å². The zero-order chi connectivity index (χ0) is 18.6. The lowest BCUT2D eigenvalue weighted by Gasteiger charge is -2.32. The number of fused-ring (bicyclic) bond motifs is 1. The summed E-state index contributed by atoms with van der Waals surface area (Å²) in [6.07, 6.45) is 2.87. The Morgan fingerprint density at radius 1 is 1.20 bits per heavy atom. The van der Waals surface area contributed by atoms with E-state index in [2.05, 4.69) is 4.98 Å². The van der Waals surface area contributed by atoms with E-state index in [1.54, 1.807) is 12.4 Å². The van der Waals surface area contributed by atoms with Crippen molar-refractivity contribution in [2.75, 3.05) is 0 Å². The van der Waals surface area contributed by atoms with Crippen LogP contribution < -0.4 is 5.59 Å². The number of aromatic nitrogens is 2. The standard InChI is InChI=1S/C18H25BN2O4/c1-16(2,3)23-15(22)21-13-11-20-9-8-12(13)10-14(21)19-24-17(4,5)18(6,7)25-19/h8-11H,1-7H3. The van der Waals surface area contributed by atoms with Gasteiger partial charge in [0.05, 0.1) is 28.5 Å². The number of nitrogens with zero attached hydrogens (tertiary/aromatic N) is 2. The van der Waals surface area contributed by atoms with Crippen molar-refractivity contribution in [3.05, 3.63) is 24.5 Å². The second-order valence-electron chi connectivity index (χ2n) is 8.41. The highest BCUT2D eigenvalue weighted by molar-refractivity contribution is 6.62. The van der Waals surface area contributed by atoms with Gasteiger partial charge in [0.25, 0.3) is 0 Å². The molecule has 1 fully saturated rings. The molecule has 3 heterocycles. The number of ether oxygens (including phenoxy) is 1. The van der Waals surface area contributed by atoms with Crippen molar-refractivity contribution in [3.63, 3.8) is 0 Å². The third-order valence-corrected chi connectivity index (χ3v) is 4.71. The minimum absolute atomic E-state index is 0.472. The van der Waals surface area contributed by atoms with E-state index in [0.717, 1.165) is 5.39 Å². The molecule has 0 radical (unpaired) electrons. The van der Waals surface area contributed by atoms with Crippen LogP contribution in [0, 0.1) is 0 Å². The van der Waals surface area contributed by atoms with Crippen LogP contribution in [0.5, 0.6) is 0 Å². The van der Waals surface area contributed by atoms with Crippen molar-refractivity contribution in [3.8, 4) is 0 Å². The number of carbonyl (C=O) groups excluding carboxylic acids is 1. The third kappa shape index (κ3) is 3.18. The van der Waals surface area contributed by atoms with Gasteiger partial charge in [-0.2, -0.15) is 0 Å². The first-order chi connectivity index (χ1) is 11.4. The van der Waals surface area contributed by atoms with Gasteiger partial charge in [-0.3, -0.25) is 9.55 Å². The molecule has 1 aliphatic rings. The van der Waals surface area contributed by atoms with Gasteiger partial charge in [-0.05, 0) is 60.6 Å². The summed E-state index contributed by atoms with van der Waals surface area (Å²) in [6.45, 7) is 13.4. The Morgan fingerprint density at radius 3 is 2.36 bits per heavy atom. The Labute approximate surface area is 148 Å². The van der Waals surface area contributed by atoms with Crippen LogP contribution in [0.3, 0.4) is 0 Å². The van der Waals surface area contributed by atoms with Crippen LogP contribution in [0.25, 0.3) is 10.9 Å². The van der Waals surface area contributed by atoms with Gasteiger partial charge in [0.15, 0.2) is 0 Å². The van der Waals surface area contributed by atoms with Gasteiger partial charge in [0.2, 0.25) is 0 Å². The van der Waals surface area contributed by atoms with Gasteiger partial charge in [-0.15, -0.1) is 0 Å². The summed E-state index contributed by atoms with van der Waals surface area (Å²) in [4.78, 5) is 17.0. The topological polar surface area (TPSA) is 62.6 Å². The number of rotatable bonds is 1. The summed E-state index contributed by atoms with van der Waals surface area (Å²) in [5.74, 6) is 0. The zero-order valence-electron chi connectivity index (χ0n) is 15.9. The Morgan fingerprint density at radius 2 is 1.80 bits per heavy atom. The van der Waals surface area contributed by atoms with E-state index in [-0.39, 0.29) is 0 Å². The SMILES string of the molecule is CC(C)(C)OC(=O)n1c(B2OC(C)(C)C(C)(C)O2)cc2ccncc21. The molecule has 25 heavy (non-hydrogen) atoms. The van der Waals surface area contributed by atoms with E-state index in [0.29, 0.717) is 11.1 Å². The normalized spacial score (nSPS) is 19.4. The van der Waals surface area contributed by atoms with Crippen LogP contribution in [0.2, 0.25) is 0 Å². The quantitative estimate of drug-likeness (QED) is 0.744. The fourth-order valence-electron chi connectivity index (χ4n) is 2.72. The maximum Gasteiger partial charge on any atom is 0.513 e. The van der Waals surface area contributed by atoms with Gasteiger partial charge >= 0.3 is 13.2 Å². The van der Waals surface area contributed by atoms with E-state index in [9.17, 15) is 4.79 Å². The van der Waals surface area contributed by atoms with Crippen LogP contribution in [0.15, 0.2) is 24.5 Å². The average molecular weight is 344 g/mol. The molecule has 0 saturated carbocycles. The van der Waals surface area contributed by atoms with Gasteiger partial charge in [-0.25, -0.2) is 4.79 Å². The van der Waals surface area contributed by atoms with Crippen molar-refractivity contribution in [1.29, 1.82) is 0 Å². The van der Waals surface area contributed by atoms with E-state index in [4.69, 9.17) is 14.0 Å². The van der Waals surface area contributed by atoms with Crippen LogP contribution >= 0.6 is 0 Å². The molecule has 2 aromatic heterocycles. The maximum absolute atomic E-state index is 12.8. The molecule has 0 unspecified atom stereocenters. The number of pyridine rings is 1. The molecule has 0 N–H and O–H groups in total. The molecule has 0 amide bonds. The van der Waals surface area contributed by atoms with Gasteiger partial charge in [0.1, 0.15) is 5.60 Å². The first-order valence-corrected chi connectivity index (χ1v) is 8.46. The molecule has 3 rings (SSSR count). The fraction of sp³-hybridized carbons (Fsp3) is 0.556. The molecule has 0 bridgehead atoms. The minimum Gasteiger partial charge on any atom is -0.443 e.